The maximum absolute atomic E-state index is 8.87. The van der Waals surface area contributed by atoms with E-state index in [1.54, 1.807) is 12.3 Å². The quantitative estimate of drug-likeness (QED) is 0.448. The largest absolute Gasteiger partial charge is 0.491 e. The van der Waals surface area contributed by atoms with Gasteiger partial charge in [0.25, 0.3) is 0 Å². The number of aryl methyl sites for hydroxylation is 1. The molecule has 4 aromatic rings. The van der Waals surface area contributed by atoms with Crippen LogP contribution in [-0.4, -0.2) is 33.3 Å². The summed E-state index contributed by atoms with van der Waals surface area (Å²) >= 11 is 0. The van der Waals surface area contributed by atoms with E-state index in [1.807, 2.05) is 49.4 Å². The molecule has 0 radical (unpaired) electrons. The normalized spacial score (nSPS) is 10.8. The van der Waals surface area contributed by atoms with Gasteiger partial charge in [-0.05, 0) is 43.3 Å². The van der Waals surface area contributed by atoms with E-state index in [0.29, 0.717) is 23.3 Å². The van der Waals surface area contributed by atoms with Crippen LogP contribution < -0.4 is 14.8 Å². The molecule has 0 atom stereocenters. The second kappa shape index (κ2) is 7.98. The predicted molar refractivity (Wildman–Crippen MR) is 107 cm³/mol. The highest BCUT2D eigenvalue weighted by molar-refractivity contribution is 5.81. The monoisotopic (exact) mass is 376 g/mol. The summed E-state index contributed by atoms with van der Waals surface area (Å²) in [6, 6.07) is 17.0. The van der Waals surface area contributed by atoms with Crippen molar-refractivity contribution < 1.29 is 14.6 Å². The number of H-pyrrole nitrogens is 1. The van der Waals surface area contributed by atoms with E-state index < -0.39 is 0 Å². The van der Waals surface area contributed by atoms with Crippen molar-refractivity contribution in [2.24, 2.45) is 0 Å². The SMILES string of the molecule is Cc1cc2cc(Oc3ccnc(Nc4cccc(OCCO)c4)n3)ccc2[nH]1. The van der Waals surface area contributed by atoms with Crippen LogP contribution in [0.4, 0.5) is 11.6 Å². The lowest BCUT2D eigenvalue weighted by molar-refractivity contribution is 0.201. The standard InChI is InChI=1S/C21H20N4O3/c1-14-11-15-12-18(5-6-19(15)23-14)28-20-7-8-22-21(25-20)24-16-3-2-4-17(13-16)27-10-9-26/h2-8,11-13,23,26H,9-10H2,1H3,(H,22,24,25). The molecule has 4 rings (SSSR count). The Labute approximate surface area is 162 Å². The molecule has 3 N–H and O–H groups in total. The Kier molecular flexibility index (Phi) is 5.07. The average Bonchev–Trinajstić information content (AvgIpc) is 3.06. The molecule has 142 valence electrons. The van der Waals surface area contributed by atoms with Crippen molar-refractivity contribution in [2.75, 3.05) is 18.5 Å². The Balaban J connectivity index is 1.49. The number of ether oxygens (including phenoxy) is 2. The topological polar surface area (TPSA) is 92.3 Å². The van der Waals surface area contributed by atoms with Gasteiger partial charge in [0.2, 0.25) is 11.8 Å². The Hall–Kier alpha value is -3.58. The Morgan fingerprint density at radius 2 is 2.00 bits per heavy atom. The molecule has 0 aliphatic rings. The zero-order valence-electron chi connectivity index (χ0n) is 15.3. The van der Waals surface area contributed by atoms with Crippen molar-refractivity contribution >= 4 is 22.5 Å². The summed E-state index contributed by atoms with van der Waals surface area (Å²) in [6.45, 7) is 2.23. The van der Waals surface area contributed by atoms with Crippen molar-refractivity contribution in [3.63, 3.8) is 0 Å². The third kappa shape index (κ3) is 4.21. The number of nitrogens with one attached hydrogen (secondary N) is 2. The lowest BCUT2D eigenvalue weighted by Crippen LogP contribution is -2.02. The number of rotatable bonds is 7. The molecule has 0 saturated heterocycles. The first-order chi connectivity index (χ1) is 13.7. The highest BCUT2D eigenvalue weighted by Gasteiger charge is 2.05. The molecule has 7 heteroatoms. The number of fused-ring (bicyclic) bond motifs is 1. The van der Waals surface area contributed by atoms with Crippen LogP contribution in [0.2, 0.25) is 0 Å². The molecule has 0 unspecified atom stereocenters. The van der Waals surface area contributed by atoms with Gasteiger partial charge in [-0.1, -0.05) is 6.07 Å². The zero-order valence-corrected chi connectivity index (χ0v) is 15.3. The van der Waals surface area contributed by atoms with E-state index in [9.17, 15) is 0 Å². The number of aromatic nitrogens is 3. The van der Waals surface area contributed by atoms with Crippen molar-refractivity contribution in [1.82, 2.24) is 15.0 Å². The van der Waals surface area contributed by atoms with Crippen LogP contribution >= 0.6 is 0 Å². The van der Waals surface area contributed by atoms with Gasteiger partial charge in [0.15, 0.2) is 0 Å². The smallest absolute Gasteiger partial charge is 0.230 e. The second-order valence-electron chi connectivity index (χ2n) is 6.25. The molecular formula is C21H20N4O3. The predicted octanol–water partition coefficient (Wildman–Crippen LogP) is 4.17. The summed E-state index contributed by atoms with van der Waals surface area (Å²) in [6.07, 6.45) is 1.63. The zero-order chi connectivity index (χ0) is 19.3. The van der Waals surface area contributed by atoms with Gasteiger partial charge in [-0.3, -0.25) is 0 Å². The summed E-state index contributed by atoms with van der Waals surface area (Å²) in [7, 11) is 0. The van der Waals surface area contributed by atoms with Crippen molar-refractivity contribution in [2.45, 2.75) is 6.92 Å². The van der Waals surface area contributed by atoms with Gasteiger partial charge in [0.1, 0.15) is 18.1 Å². The number of hydrogen-bond donors (Lipinski definition) is 3. The van der Waals surface area contributed by atoms with Gasteiger partial charge in [-0.25, -0.2) is 4.98 Å². The Morgan fingerprint density at radius 1 is 1.07 bits per heavy atom. The molecule has 0 amide bonds. The average molecular weight is 376 g/mol. The maximum Gasteiger partial charge on any atom is 0.230 e. The number of nitrogens with zero attached hydrogens (tertiary/aromatic N) is 2. The molecule has 28 heavy (non-hydrogen) atoms. The molecule has 2 aromatic carbocycles. The van der Waals surface area contributed by atoms with E-state index in [2.05, 4.69) is 26.3 Å². The van der Waals surface area contributed by atoms with Crippen LogP contribution in [0.25, 0.3) is 10.9 Å². The third-order valence-corrected chi connectivity index (χ3v) is 4.03. The number of aliphatic hydroxyl groups is 1. The van der Waals surface area contributed by atoms with Gasteiger partial charge in [0.05, 0.1) is 6.61 Å². The molecule has 0 aliphatic heterocycles. The first-order valence-corrected chi connectivity index (χ1v) is 8.91. The number of benzene rings is 2. The van der Waals surface area contributed by atoms with Crippen molar-refractivity contribution in [3.8, 4) is 17.4 Å². The minimum absolute atomic E-state index is 0.0335. The minimum atomic E-state index is -0.0335. The molecule has 0 spiro atoms. The molecule has 0 fully saturated rings. The van der Waals surface area contributed by atoms with Crippen LogP contribution in [0, 0.1) is 6.92 Å². The fourth-order valence-electron chi connectivity index (χ4n) is 2.86. The van der Waals surface area contributed by atoms with E-state index in [4.69, 9.17) is 14.6 Å². The van der Waals surface area contributed by atoms with Gasteiger partial charge >= 0.3 is 0 Å². The van der Waals surface area contributed by atoms with Crippen LogP contribution in [0.1, 0.15) is 5.69 Å². The number of hydrogen-bond acceptors (Lipinski definition) is 6. The molecule has 2 heterocycles. The van der Waals surface area contributed by atoms with Gasteiger partial charge < -0.3 is 24.9 Å². The first kappa shape index (κ1) is 17.8. The van der Waals surface area contributed by atoms with Gasteiger partial charge in [-0.15, -0.1) is 0 Å². The second-order valence-corrected chi connectivity index (χ2v) is 6.25. The minimum Gasteiger partial charge on any atom is -0.491 e. The highest BCUT2D eigenvalue weighted by atomic mass is 16.5. The maximum atomic E-state index is 8.87. The molecular weight excluding hydrogens is 356 g/mol. The number of aromatic amines is 1. The fraction of sp³-hybridized carbons (Fsp3) is 0.143. The van der Waals surface area contributed by atoms with Crippen molar-refractivity contribution in [1.29, 1.82) is 0 Å². The van der Waals surface area contributed by atoms with Crippen LogP contribution in [-0.2, 0) is 0 Å². The van der Waals surface area contributed by atoms with E-state index in [-0.39, 0.29) is 13.2 Å². The third-order valence-electron chi connectivity index (χ3n) is 4.03. The van der Waals surface area contributed by atoms with E-state index in [0.717, 1.165) is 22.3 Å². The molecule has 0 saturated carbocycles. The summed E-state index contributed by atoms with van der Waals surface area (Å²) in [5.41, 5.74) is 2.95. The number of anilines is 2. The Bertz CT molecular complexity index is 1090. The van der Waals surface area contributed by atoms with Gasteiger partial charge in [0, 0.05) is 40.6 Å². The summed E-state index contributed by atoms with van der Waals surface area (Å²) in [5.74, 6) is 2.21. The van der Waals surface area contributed by atoms with E-state index >= 15 is 0 Å². The number of aliphatic hydroxyl groups excluding tert-OH is 1. The Morgan fingerprint density at radius 3 is 2.89 bits per heavy atom. The first-order valence-electron chi connectivity index (χ1n) is 8.91. The molecule has 7 nitrogen and oxygen atoms in total. The summed E-state index contributed by atoms with van der Waals surface area (Å²) in [5, 5.41) is 13.1. The van der Waals surface area contributed by atoms with Crippen molar-refractivity contribution in [3.05, 3.63) is 66.5 Å². The summed E-state index contributed by atoms with van der Waals surface area (Å²) < 4.78 is 11.3. The van der Waals surface area contributed by atoms with Crippen LogP contribution in [0.15, 0.2) is 60.8 Å². The van der Waals surface area contributed by atoms with Gasteiger partial charge in [-0.2, -0.15) is 4.98 Å². The summed E-state index contributed by atoms with van der Waals surface area (Å²) in [4.78, 5) is 11.9. The van der Waals surface area contributed by atoms with Crippen LogP contribution in [0.3, 0.4) is 0 Å². The van der Waals surface area contributed by atoms with E-state index in [1.165, 1.54) is 0 Å². The highest BCUT2D eigenvalue weighted by Crippen LogP contribution is 2.26. The van der Waals surface area contributed by atoms with Crippen LogP contribution in [0.5, 0.6) is 17.4 Å². The lowest BCUT2D eigenvalue weighted by Gasteiger charge is -2.09. The molecule has 0 aliphatic carbocycles. The lowest BCUT2D eigenvalue weighted by atomic mass is 10.2. The fourth-order valence-corrected chi connectivity index (χ4v) is 2.86. The molecule has 0 bridgehead atoms. The molecule has 2 aromatic heterocycles.